The predicted octanol–water partition coefficient (Wildman–Crippen LogP) is 7.03. The zero-order valence-corrected chi connectivity index (χ0v) is 18.3. The van der Waals surface area contributed by atoms with E-state index in [4.69, 9.17) is 25.5 Å². The molecule has 0 bridgehead atoms. The summed E-state index contributed by atoms with van der Waals surface area (Å²) in [6, 6.07) is 12.2. The van der Waals surface area contributed by atoms with Crippen LogP contribution in [-0.4, -0.2) is 12.6 Å². The minimum atomic E-state index is -0.663. The van der Waals surface area contributed by atoms with E-state index in [1.54, 1.807) is 12.1 Å². The van der Waals surface area contributed by atoms with Gasteiger partial charge in [-0.3, -0.25) is 4.79 Å². The average molecular weight is 445 g/mol. The Kier molecular flexibility index (Phi) is 6.81. The molecule has 0 saturated heterocycles. The van der Waals surface area contributed by atoms with E-state index < -0.39 is 6.01 Å². The van der Waals surface area contributed by atoms with Crippen molar-refractivity contribution in [2.75, 3.05) is 6.61 Å². The molecule has 1 saturated carbocycles. The number of hydrogen-bond donors (Lipinski definition) is 0. The van der Waals surface area contributed by atoms with Crippen molar-refractivity contribution in [2.24, 2.45) is 5.92 Å². The van der Waals surface area contributed by atoms with Gasteiger partial charge in [-0.1, -0.05) is 35.9 Å². The van der Waals surface area contributed by atoms with E-state index in [9.17, 15) is 9.18 Å². The maximum absolute atomic E-state index is 13.6. The van der Waals surface area contributed by atoms with Crippen molar-refractivity contribution in [1.82, 2.24) is 0 Å². The molecule has 0 N–H and O–H groups in total. The second-order valence-corrected chi connectivity index (χ2v) is 8.46. The van der Waals surface area contributed by atoms with Crippen molar-refractivity contribution in [1.29, 1.82) is 0 Å². The molecule has 3 aromatic rings. The first-order valence-corrected chi connectivity index (χ1v) is 11.2. The summed E-state index contributed by atoms with van der Waals surface area (Å²) in [6.07, 6.45) is 4.53. The number of benzene rings is 2. The summed E-state index contributed by atoms with van der Waals surface area (Å²) in [5, 5.41) is 1.000. The van der Waals surface area contributed by atoms with Crippen LogP contribution in [0, 0.1) is 11.9 Å². The van der Waals surface area contributed by atoms with Crippen molar-refractivity contribution in [3.05, 3.63) is 64.6 Å². The highest BCUT2D eigenvalue weighted by atomic mass is 35.5. The van der Waals surface area contributed by atoms with Crippen LogP contribution in [0.25, 0.3) is 11.0 Å². The van der Waals surface area contributed by atoms with Crippen molar-refractivity contribution in [3.8, 4) is 5.75 Å². The number of carbonyl (C=O) groups is 1. The molecule has 1 fully saturated rings. The molecule has 1 aliphatic carbocycles. The third kappa shape index (κ3) is 5.04. The van der Waals surface area contributed by atoms with E-state index in [2.05, 4.69) is 6.07 Å². The second-order valence-electron chi connectivity index (χ2n) is 8.05. The smallest absolute Gasteiger partial charge is 0.306 e. The van der Waals surface area contributed by atoms with Crippen LogP contribution in [0.1, 0.15) is 56.1 Å². The molecule has 0 spiro atoms. The molecule has 0 aliphatic heterocycles. The van der Waals surface area contributed by atoms with Crippen LogP contribution in [0.2, 0.25) is 5.02 Å². The fourth-order valence-corrected chi connectivity index (χ4v) is 4.67. The van der Waals surface area contributed by atoms with Crippen molar-refractivity contribution in [3.63, 3.8) is 0 Å². The summed E-state index contributed by atoms with van der Waals surface area (Å²) in [5.41, 5.74) is 2.34. The quantitative estimate of drug-likeness (QED) is 0.367. The van der Waals surface area contributed by atoms with Crippen LogP contribution >= 0.6 is 11.6 Å². The molecule has 31 heavy (non-hydrogen) atoms. The molecule has 0 radical (unpaired) electrons. The summed E-state index contributed by atoms with van der Waals surface area (Å²) in [7, 11) is 0. The molecule has 4 nitrogen and oxygen atoms in total. The number of rotatable bonds is 7. The van der Waals surface area contributed by atoms with Gasteiger partial charge in [-0.15, -0.1) is 0 Å². The van der Waals surface area contributed by atoms with E-state index in [1.165, 1.54) is 11.6 Å². The number of para-hydroxylation sites is 1. The Morgan fingerprint density at radius 1 is 1.16 bits per heavy atom. The Labute approximate surface area is 186 Å². The number of furan rings is 1. The minimum Gasteiger partial charge on any atom is -0.488 e. The molecule has 0 amide bonds. The monoisotopic (exact) mass is 444 g/mol. The zero-order valence-electron chi connectivity index (χ0n) is 17.5. The van der Waals surface area contributed by atoms with E-state index in [1.807, 2.05) is 25.1 Å². The molecule has 6 heteroatoms. The Morgan fingerprint density at radius 2 is 1.94 bits per heavy atom. The largest absolute Gasteiger partial charge is 0.488 e. The van der Waals surface area contributed by atoms with Gasteiger partial charge in [0, 0.05) is 23.4 Å². The van der Waals surface area contributed by atoms with Gasteiger partial charge < -0.3 is 13.9 Å². The Morgan fingerprint density at radius 3 is 2.71 bits per heavy atom. The number of ether oxygens (including phenoxy) is 2. The highest BCUT2D eigenvalue weighted by molar-refractivity contribution is 6.35. The van der Waals surface area contributed by atoms with Gasteiger partial charge >= 0.3 is 5.97 Å². The van der Waals surface area contributed by atoms with Gasteiger partial charge in [-0.05, 0) is 62.1 Å². The fraction of sp³-hybridized carbons (Fsp3) is 0.400. The third-order valence-corrected chi connectivity index (χ3v) is 6.36. The summed E-state index contributed by atoms with van der Waals surface area (Å²) in [6.45, 7) is 2.53. The van der Waals surface area contributed by atoms with Crippen LogP contribution < -0.4 is 4.74 Å². The lowest BCUT2D eigenvalue weighted by Gasteiger charge is -2.29. The highest BCUT2D eigenvalue weighted by Gasteiger charge is 2.26. The Hall–Kier alpha value is -2.53. The van der Waals surface area contributed by atoms with Crippen molar-refractivity contribution >= 4 is 28.5 Å². The predicted molar refractivity (Wildman–Crippen MR) is 118 cm³/mol. The lowest BCUT2D eigenvalue weighted by Crippen LogP contribution is -2.18. The molecular formula is C25H26ClFO4. The van der Waals surface area contributed by atoms with Gasteiger partial charge in [0.15, 0.2) is 0 Å². The van der Waals surface area contributed by atoms with Gasteiger partial charge in [-0.25, -0.2) is 0 Å². The molecule has 1 aromatic heterocycles. The molecule has 1 aliphatic rings. The summed E-state index contributed by atoms with van der Waals surface area (Å²) in [5.74, 6) is 1.50. The topological polar surface area (TPSA) is 48.7 Å². The van der Waals surface area contributed by atoms with Crippen LogP contribution in [0.5, 0.6) is 5.75 Å². The fourth-order valence-electron chi connectivity index (χ4n) is 4.47. The maximum atomic E-state index is 13.6. The maximum Gasteiger partial charge on any atom is 0.306 e. The Balaban J connectivity index is 1.43. The van der Waals surface area contributed by atoms with Crippen LogP contribution in [-0.2, 0) is 16.1 Å². The lowest BCUT2D eigenvalue weighted by atomic mass is 9.77. The normalized spacial score (nSPS) is 18.8. The molecule has 1 heterocycles. The van der Waals surface area contributed by atoms with Crippen LogP contribution in [0.15, 0.2) is 46.9 Å². The van der Waals surface area contributed by atoms with E-state index in [0.717, 1.165) is 37.0 Å². The number of esters is 1. The van der Waals surface area contributed by atoms with E-state index in [0.29, 0.717) is 40.9 Å². The van der Waals surface area contributed by atoms with Gasteiger partial charge in [0.05, 0.1) is 11.6 Å². The standard InChI is InChI=1S/C25H26ClFO4/c1-2-29-24(28)13-16-7-9-17(10-8-16)19-5-3-4-6-22(19)30-15-18-11-12-21(26)20-14-23(27)31-25(18)20/h3-6,11-12,14,16-17H,2,7-10,13,15H2,1H3. The van der Waals surface area contributed by atoms with Crippen molar-refractivity contribution < 1.29 is 23.1 Å². The number of halogens is 2. The van der Waals surface area contributed by atoms with E-state index >= 15 is 0 Å². The van der Waals surface area contributed by atoms with E-state index in [-0.39, 0.29) is 12.6 Å². The summed E-state index contributed by atoms with van der Waals surface area (Å²) in [4.78, 5) is 11.8. The molecule has 164 valence electrons. The SMILES string of the molecule is CCOC(=O)CC1CCC(c2ccccc2OCc2ccc(Cl)c3cc(F)oc23)CC1. The van der Waals surface area contributed by atoms with Crippen molar-refractivity contribution in [2.45, 2.75) is 51.6 Å². The van der Waals surface area contributed by atoms with Crippen LogP contribution in [0.3, 0.4) is 0 Å². The first-order chi connectivity index (χ1) is 15.0. The molecular weight excluding hydrogens is 419 g/mol. The zero-order chi connectivity index (χ0) is 21.8. The molecule has 0 atom stereocenters. The number of carbonyl (C=O) groups excluding carboxylic acids is 1. The highest BCUT2D eigenvalue weighted by Crippen LogP contribution is 2.41. The van der Waals surface area contributed by atoms with Gasteiger partial charge in [0.1, 0.15) is 17.9 Å². The summed E-state index contributed by atoms with van der Waals surface area (Å²) < 4.78 is 30.1. The van der Waals surface area contributed by atoms with Gasteiger partial charge in [0.2, 0.25) is 0 Å². The molecule has 4 rings (SSSR count). The summed E-state index contributed by atoms with van der Waals surface area (Å²) >= 11 is 6.15. The van der Waals surface area contributed by atoms with Crippen LogP contribution in [0.4, 0.5) is 4.39 Å². The first kappa shape index (κ1) is 21.7. The molecule has 0 unspecified atom stereocenters. The Bertz CT molecular complexity index is 1050. The van der Waals surface area contributed by atoms with Gasteiger partial charge in [0.25, 0.3) is 6.01 Å². The second kappa shape index (κ2) is 9.73. The third-order valence-electron chi connectivity index (χ3n) is 6.03. The van der Waals surface area contributed by atoms with Gasteiger partial charge in [-0.2, -0.15) is 4.39 Å². The first-order valence-electron chi connectivity index (χ1n) is 10.8. The average Bonchev–Trinajstić information content (AvgIpc) is 3.17. The lowest BCUT2D eigenvalue weighted by molar-refractivity contribution is -0.144. The number of hydrogen-bond acceptors (Lipinski definition) is 4. The molecule has 2 aromatic carbocycles. The minimum absolute atomic E-state index is 0.0988. The number of fused-ring (bicyclic) bond motifs is 1.